The zero-order chi connectivity index (χ0) is 15.7. The lowest BCUT2D eigenvalue weighted by Crippen LogP contribution is -2.11. The largest absolute Gasteiger partial charge is 0.419 e. The summed E-state index contributed by atoms with van der Waals surface area (Å²) in [4.78, 5) is 0. The van der Waals surface area contributed by atoms with Gasteiger partial charge in [-0.05, 0) is 43.4 Å². The molecule has 6 heteroatoms. The lowest BCUT2D eigenvalue weighted by molar-refractivity contribution is -0.139. The molecule has 22 heavy (non-hydrogen) atoms. The number of benzene rings is 1. The van der Waals surface area contributed by atoms with Gasteiger partial charge in [0.05, 0.1) is 11.4 Å². The highest BCUT2D eigenvalue weighted by Gasteiger charge is 2.37. The van der Waals surface area contributed by atoms with E-state index in [0.717, 1.165) is 49.4 Å². The van der Waals surface area contributed by atoms with Crippen molar-refractivity contribution in [2.24, 2.45) is 0 Å². The highest BCUT2D eigenvalue weighted by molar-refractivity contribution is 5.65. The van der Waals surface area contributed by atoms with Gasteiger partial charge in [-0.25, -0.2) is 4.39 Å². The Hall–Kier alpha value is -1.98. The van der Waals surface area contributed by atoms with Crippen molar-refractivity contribution in [1.29, 1.82) is 0 Å². The van der Waals surface area contributed by atoms with E-state index < -0.39 is 17.6 Å². The van der Waals surface area contributed by atoms with Gasteiger partial charge in [0.15, 0.2) is 0 Å². The second kappa shape index (κ2) is 5.66. The second-order valence-corrected chi connectivity index (χ2v) is 5.42. The van der Waals surface area contributed by atoms with E-state index >= 15 is 0 Å². The zero-order valence-electron chi connectivity index (χ0n) is 11.8. The minimum absolute atomic E-state index is 0.0764. The lowest BCUT2D eigenvalue weighted by atomic mass is 10.0. The van der Waals surface area contributed by atoms with Gasteiger partial charge in [-0.2, -0.15) is 23.4 Å². The monoisotopic (exact) mass is 310 g/mol. The number of alkyl halides is 3. The summed E-state index contributed by atoms with van der Waals surface area (Å²) in [5, 5.41) is 7.97. The zero-order valence-corrected chi connectivity index (χ0v) is 11.8. The summed E-state index contributed by atoms with van der Waals surface area (Å²) in [7, 11) is 0. The molecule has 116 valence electrons. The molecule has 0 unspecified atom stereocenters. The lowest BCUT2D eigenvalue weighted by Gasteiger charge is -2.14. The molecule has 1 aliphatic rings. The third kappa shape index (κ3) is 2.82. The second-order valence-electron chi connectivity index (χ2n) is 5.42. The molecule has 0 aliphatic heterocycles. The standard InChI is InChI=1S/C16H14F4N2/c17-12-7-4-6-11(15(12)16(18,19)20)14-9-10-5-2-1-3-8-13(10)21-22-14/h4,6-7,9H,1-3,5,8H2. The van der Waals surface area contributed by atoms with Crippen LogP contribution in [0.2, 0.25) is 0 Å². The molecule has 0 N–H and O–H groups in total. The van der Waals surface area contributed by atoms with Crippen LogP contribution in [0, 0.1) is 5.82 Å². The van der Waals surface area contributed by atoms with Crippen molar-refractivity contribution in [2.75, 3.05) is 0 Å². The SMILES string of the molecule is Fc1cccc(-c2cc3c(nn2)CCCCC3)c1C(F)(F)F. The molecule has 2 nitrogen and oxygen atoms in total. The van der Waals surface area contributed by atoms with Crippen molar-refractivity contribution in [3.05, 3.63) is 46.9 Å². The van der Waals surface area contributed by atoms with Crippen LogP contribution in [0.25, 0.3) is 11.3 Å². The Morgan fingerprint density at radius 3 is 2.50 bits per heavy atom. The van der Waals surface area contributed by atoms with E-state index in [9.17, 15) is 17.6 Å². The van der Waals surface area contributed by atoms with E-state index in [2.05, 4.69) is 10.2 Å². The molecule has 0 bridgehead atoms. The number of fused-ring (bicyclic) bond motifs is 1. The number of aromatic nitrogens is 2. The van der Waals surface area contributed by atoms with Crippen LogP contribution in [-0.4, -0.2) is 10.2 Å². The summed E-state index contributed by atoms with van der Waals surface area (Å²) in [6, 6.07) is 4.92. The summed E-state index contributed by atoms with van der Waals surface area (Å²) >= 11 is 0. The van der Waals surface area contributed by atoms with Crippen LogP contribution in [-0.2, 0) is 19.0 Å². The van der Waals surface area contributed by atoms with Crippen LogP contribution < -0.4 is 0 Å². The summed E-state index contributed by atoms with van der Waals surface area (Å²) in [5.41, 5.74) is 0.295. The first kappa shape index (κ1) is 14.9. The van der Waals surface area contributed by atoms with E-state index in [1.165, 1.54) is 12.1 Å². The van der Waals surface area contributed by atoms with Gasteiger partial charge < -0.3 is 0 Å². The van der Waals surface area contributed by atoms with E-state index in [1.54, 1.807) is 6.07 Å². The van der Waals surface area contributed by atoms with Gasteiger partial charge in [-0.15, -0.1) is 0 Å². The van der Waals surface area contributed by atoms with Crippen molar-refractivity contribution in [3.63, 3.8) is 0 Å². The first-order valence-electron chi connectivity index (χ1n) is 7.18. The van der Waals surface area contributed by atoms with E-state index in [1.807, 2.05) is 0 Å². The maximum Gasteiger partial charge on any atom is 0.419 e. The Bertz CT molecular complexity index is 695. The minimum atomic E-state index is -4.77. The van der Waals surface area contributed by atoms with Gasteiger partial charge in [0, 0.05) is 5.56 Å². The molecular weight excluding hydrogens is 296 g/mol. The van der Waals surface area contributed by atoms with Crippen LogP contribution in [0.3, 0.4) is 0 Å². The fourth-order valence-corrected chi connectivity index (χ4v) is 2.82. The topological polar surface area (TPSA) is 25.8 Å². The van der Waals surface area contributed by atoms with Gasteiger partial charge in [-0.1, -0.05) is 18.6 Å². The first-order valence-corrected chi connectivity index (χ1v) is 7.18. The quantitative estimate of drug-likeness (QED) is 0.569. The molecule has 1 heterocycles. The summed E-state index contributed by atoms with van der Waals surface area (Å²) in [6.45, 7) is 0. The molecule has 0 saturated carbocycles. The molecule has 0 amide bonds. The highest BCUT2D eigenvalue weighted by Crippen LogP contribution is 2.38. The Labute approximate surface area is 125 Å². The molecule has 0 fully saturated rings. The maximum atomic E-state index is 13.7. The summed E-state index contributed by atoms with van der Waals surface area (Å²) in [6.07, 6.45) is -0.150. The van der Waals surface area contributed by atoms with Gasteiger partial charge in [-0.3, -0.25) is 0 Å². The Kier molecular flexibility index (Phi) is 3.85. The van der Waals surface area contributed by atoms with Crippen LogP contribution in [0.15, 0.2) is 24.3 Å². The predicted molar refractivity (Wildman–Crippen MR) is 73.7 cm³/mol. The molecule has 0 radical (unpaired) electrons. The predicted octanol–water partition coefficient (Wildman–Crippen LogP) is 4.57. The molecule has 1 aliphatic carbocycles. The van der Waals surface area contributed by atoms with Gasteiger partial charge in [0.1, 0.15) is 11.4 Å². The first-order chi connectivity index (χ1) is 10.5. The Morgan fingerprint density at radius 1 is 0.955 bits per heavy atom. The van der Waals surface area contributed by atoms with Crippen LogP contribution in [0.5, 0.6) is 0 Å². The number of hydrogen-bond donors (Lipinski definition) is 0. The average molecular weight is 310 g/mol. The molecule has 1 aromatic heterocycles. The van der Waals surface area contributed by atoms with Crippen LogP contribution in [0.1, 0.15) is 36.1 Å². The average Bonchev–Trinajstić information content (AvgIpc) is 2.70. The smallest absolute Gasteiger partial charge is 0.206 e. The number of nitrogens with zero attached hydrogens (tertiary/aromatic N) is 2. The Morgan fingerprint density at radius 2 is 1.73 bits per heavy atom. The summed E-state index contributed by atoms with van der Waals surface area (Å²) < 4.78 is 53.0. The highest BCUT2D eigenvalue weighted by atomic mass is 19.4. The van der Waals surface area contributed by atoms with Crippen molar-refractivity contribution >= 4 is 0 Å². The van der Waals surface area contributed by atoms with Crippen LogP contribution >= 0.6 is 0 Å². The molecule has 2 aromatic rings. The number of aryl methyl sites for hydroxylation is 2. The maximum absolute atomic E-state index is 13.7. The van der Waals surface area contributed by atoms with Gasteiger partial charge in [0.2, 0.25) is 0 Å². The third-order valence-corrected chi connectivity index (χ3v) is 3.89. The molecule has 0 spiro atoms. The van der Waals surface area contributed by atoms with Crippen LogP contribution in [0.4, 0.5) is 17.6 Å². The van der Waals surface area contributed by atoms with E-state index in [-0.39, 0.29) is 11.3 Å². The molecular formula is C16H14F4N2. The fourth-order valence-electron chi connectivity index (χ4n) is 2.82. The number of hydrogen-bond acceptors (Lipinski definition) is 2. The molecule has 1 aromatic carbocycles. The van der Waals surface area contributed by atoms with Crippen molar-refractivity contribution in [3.8, 4) is 11.3 Å². The molecule has 3 rings (SSSR count). The molecule has 0 atom stereocenters. The number of halogens is 4. The van der Waals surface area contributed by atoms with Gasteiger partial charge in [0.25, 0.3) is 0 Å². The van der Waals surface area contributed by atoms with Crippen molar-refractivity contribution in [2.45, 2.75) is 38.3 Å². The Balaban J connectivity index is 2.13. The van der Waals surface area contributed by atoms with Crippen molar-refractivity contribution in [1.82, 2.24) is 10.2 Å². The van der Waals surface area contributed by atoms with E-state index in [0.29, 0.717) is 0 Å². The third-order valence-electron chi connectivity index (χ3n) is 3.89. The fraction of sp³-hybridized carbons (Fsp3) is 0.375. The van der Waals surface area contributed by atoms with E-state index in [4.69, 9.17) is 0 Å². The summed E-state index contributed by atoms with van der Waals surface area (Å²) in [5.74, 6) is -1.29. The van der Waals surface area contributed by atoms with Crippen molar-refractivity contribution < 1.29 is 17.6 Å². The normalized spacial score (nSPS) is 15.3. The molecule has 0 saturated heterocycles. The minimum Gasteiger partial charge on any atom is -0.206 e. The number of rotatable bonds is 1. The van der Waals surface area contributed by atoms with Gasteiger partial charge >= 0.3 is 6.18 Å².